The van der Waals surface area contributed by atoms with E-state index in [2.05, 4.69) is 28.2 Å². The average molecular weight is 423 g/mol. The Kier molecular flexibility index (Phi) is 4.42. The summed E-state index contributed by atoms with van der Waals surface area (Å²) >= 11 is 0. The molecule has 0 bridgehead atoms. The van der Waals surface area contributed by atoms with E-state index < -0.39 is 0 Å². The number of H-pyrrole nitrogens is 1. The molecular formula is C26H21N3O3. The van der Waals surface area contributed by atoms with E-state index in [0.717, 1.165) is 34.5 Å². The summed E-state index contributed by atoms with van der Waals surface area (Å²) in [5.74, 6) is 1.40. The number of ether oxygens (including phenoxy) is 2. The van der Waals surface area contributed by atoms with Gasteiger partial charge in [0, 0.05) is 41.6 Å². The molecule has 1 amide bonds. The molecule has 4 aromatic rings. The maximum absolute atomic E-state index is 13.4. The van der Waals surface area contributed by atoms with Crippen molar-refractivity contribution >= 4 is 22.9 Å². The Labute approximate surface area is 185 Å². The molecule has 2 aromatic carbocycles. The molecule has 0 saturated heterocycles. The maximum atomic E-state index is 13.4. The van der Waals surface area contributed by atoms with Crippen LogP contribution in [-0.4, -0.2) is 34.1 Å². The van der Waals surface area contributed by atoms with Crippen molar-refractivity contribution in [3.8, 4) is 11.5 Å². The lowest BCUT2D eigenvalue weighted by atomic mass is 9.92. The summed E-state index contributed by atoms with van der Waals surface area (Å²) in [6.45, 7) is 0.849. The Morgan fingerprint density at radius 2 is 2.00 bits per heavy atom. The lowest BCUT2D eigenvalue weighted by Gasteiger charge is -2.35. The minimum absolute atomic E-state index is 0.0409. The molecular weight excluding hydrogens is 402 g/mol. The topological polar surface area (TPSA) is 67.5 Å². The third-order valence-corrected chi connectivity index (χ3v) is 6.13. The lowest BCUT2D eigenvalue weighted by molar-refractivity contribution is -0.128. The van der Waals surface area contributed by atoms with Gasteiger partial charge in [-0.1, -0.05) is 30.3 Å². The normalized spacial score (nSPS) is 17.1. The van der Waals surface area contributed by atoms with Gasteiger partial charge in [0.25, 0.3) is 0 Å². The van der Waals surface area contributed by atoms with E-state index in [0.29, 0.717) is 12.3 Å². The molecule has 2 aliphatic rings. The van der Waals surface area contributed by atoms with Crippen LogP contribution in [0.2, 0.25) is 0 Å². The van der Waals surface area contributed by atoms with E-state index in [1.165, 1.54) is 10.9 Å². The zero-order valence-corrected chi connectivity index (χ0v) is 17.3. The van der Waals surface area contributed by atoms with Crippen LogP contribution in [0, 0.1) is 0 Å². The van der Waals surface area contributed by atoms with Gasteiger partial charge in [0.1, 0.15) is 0 Å². The number of nitrogens with one attached hydrogen (secondary N) is 1. The number of carbonyl (C=O) groups is 1. The van der Waals surface area contributed by atoms with E-state index in [1.807, 2.05) is 47.4 Å². The molecule has 0 radical (unpaired) electrons. The predicted octanol–water partition coefficient (Wildman–Crippen LogP) is 4.48. The number of nitrogens with zero attached hydrogens (tertiary/aromatic N) is 2. The molecule has 0 spiro atoms. The molecule has 158 valence electrons. The second-order valence-electron chi connectivity index (χ2n) is 7.98. The molecule has 2 aromatic heterocycles. The van der Waals surface area contributed by atoms with Crippen LogP contribution in [0.25, 0.3) is 17.0 Å². The van der Waals surface area contributed by atoms with Crippen molar-refractivity contribution in [2.75, 3.05) is 13.3 Å². The van der Waals surface area contributed by atoms with Crippen LogP contribution in [0.3, 0.4) is 0 Å². The van der Waals surface area contributed by atoms with Crippen LogP contribution in [0.1, 0.15) is 28.4 Å². The second-order valence-corrected chi connectivity index (χ2v) is 7.98. The van der Waals surface area contributed by atoms with E-state index in [-0.39, 0.29) is 18.7 Å². The Morgan fingerprint density at radius 3 is 2.91 bits per heavy atom. The minimum atomic E-state index is -0.244. The minimum Gasteiger partial charge on any atom is -0.454 e. The molecule has 4 heterocycles. The second kappa shape index (κ2) is 7.57. The van der Waals surface area contributed by atoms with Crippen molar-refractivity contribution < 1.29 is 14.3 Å². The highest BCUT2D eigenvalue weighted by molar-refractivity contribution is 5.93. The van der Waals surface area contributed by atoms with Crippen molar-refractivity contribution in [3.63, 3.8) is 0 Å². The molecule has 1 N–H and O–H groups in total. The molecule has 0 aliphatic carbocycles. The van der Waals surface area contributed by atoms with Crippen molar-refractivity contribution in [2.24, 2.45) is 0 Å². The number of hydrogen-bond acceptors (Lipinski definition) is 4. The number of rotatable bonds is 3. The Bertz CT molecular complexity index is 1340. The molecule has 6 rings (SSSR count). The Hall–Kier alpha value is -4.06. The Morgan fingerprint density at radius 1 is 1.09 bits per heavy atom. The summed E-state index contributed by atoms with van der Waals surface area (Å²) < 4.78 is 11.1. The number of carbonyl (C=O) groups excluding carboxylic acids is 1. The summed E-state index contributed by atoms with van der Waals surface area (Å²) in [5.41, 5.74) is 5.29. The van der Waals surface area contributed by atoms with E-state index >= 15 is 0 Å². The van der Waals surface area contributed by atoms with Crippen LogP contribution < -0.4 is 9.47 Å². The molecule has 2 aliphatic heterocycles. The number of aromatic nitrogens is 2. The van der Waals surface area contributed by atoms with E-state index in [9.17, 15) is 4.79 Å². The summed E-state index contributed by atoms with van der Waals surface area (Å²) in [6.07, 6.45) is 7.70. The molecule has 0 saturated carbocycles. The molecule has 1 unspecified atom stereocenters. The third kappa shape index (κ3) is 3.12. The van der Waals surface area contributed by atoms with Crippen LogP contribution in [0.5, 0.6) is 11.5 Å². The van der Waals surface area contributed by atoms with Gasteiger partial charge in [-0.25, -0.2) is 0 Å². The maximum Gasteiger partial charge on any atom is 0.247 e. The van der Waals surface area contributed by atoms with Gasteiger partial charge in [0.05, 0.1) is 6.04 Å². The SMILES string of the molecule is O=C(/C=C/c1cccnc1)N1CCc2c([nH]c3ccccc23)C1c1ccc2c(c1)OCO2. The molecule has 1 atom stereocenters. The standard InChI is InChI=1S/C26H21N3O3/c30-24(10-7-17-4-3-12-27-15-17)29-13-11-20-19-5-1-2-6-21(19)28-25(20)26(29)18-8-9-22-23(14-18)32-16-31-22/h1-10,12,14-15,26,28H,11,13,16H2/b10-7+. The van der Waals surface area contributed by atoms with Crippen LogP contribution in [0.4, 0.5) is 0 Å². The first-order chi connectivity index (χ1) is 15.8. The van der Waals surface area contributed by atoms with Gasteiger partial charge in [-0.15, -0.1) is 0 Å². The number of amides is 1. The van der Waals surface area contributed by atoms with Gasteiger partial charge in [-0.3, -0.25) is 9.78 Å². The summed E-state index contributed by atoms with van der Waals surface area (Å²) in [7, 11) is 0. The highest BCUT2D eigenvalue weighted by atomic mass is 16.7. The van der Waals surface area contributed by atoms with Crippen molar-refractivity contribution in [3.05, 3.63) is 95.5 Å². The van der Waals surface area contributed by atoms with Crippen molar-refractivity contribution in [1.29, 1.82) is 0 Å². The van der Waals surface area contributed by atoms with Gasteiger partial charge in [0.2, 0.25) is 12.7 Å². The lowest BCUT2D eigenvalue weighted by Crippen LogP contribution is -2.39. The number of fused-ring (bicyclic) bond motifs is 4. The summed E-state index contributed by atoms with van der Waals surface area (Å²) in [5, 5.41) is 1.21. The van der Waals surface area contributed by atoms with Gasteiger partial charge >= 0.3 is 0 Å². The first-order valence-electron chi connectivity index (χ1n) is 10.7. The van der Waals surface area contributed by atoms with Gasteiger partial charge in [-0.05, 0) is 53.5 Å². The van der Waals surface area contributed by atoms with Gasteiger partial charge < -0.3 is 19.4 Å². The van der Waals surface area contributed by atoms with Crippen molar-refractivity contribution in [2.45, 2.75) is 12.5 Å². The van der Waals surface area contributed by atoms with Gasteiger partial charge in [-0.2, -0.15) is 0 Å². The van der Waals surface area contributed by atoms with Crippen LogP contribution in [0.15, 0.2) is 73.1 Å². The Balaban J connectivity index is 1.44. The number of hydrogen-bond donors (Lipinski definition) is 1. The van der Waals surface area contributed by atoms with Crippen LogP contribution >= 0.6 is 0 Å². The molecule has 32 heavy (non-hydrogen) atoms. The number of aromatic amines is 1. The monoisotopic (exact) mass is 423 g/mol. The van der Waals surface area contributed by atoms with Crippen molar-refractivity contribution in [1.82, 2.24) is 14.9 Å². The highest BCUT2D eigenvalue weighted by Gasteiger charge is 2.34. The number of para-hydroxylation sites is 1. The fourth-order valence-electron chi connectivity index (χ4n) is 4.65. The van der Waals surface area contributed by atoms with Crippen LogP contribution in [-0.2, 0) is 11.2 Å². The third-order valence-electron chi connectivity index (χ3n) is 6.13. The molecule has 6 nitrogen and oxygen atoms in total. The number of benzene rings is 2. The largest absolute Gasteiger partial charge is 0.454 e. The summed E-state index contributed by atoms with van der Waals surface area (Å²) in [6, 6.07) is 17.8. The van der Waals surface area contributed by atoms with Gasteiger partial charge in [0.15, 0.2) is 11.5 Å². The summed E-state index contributed by atoms with van der Waals surface area (Å²) in [4.78, 5) is 23.0. The number of pyridine rings is 1. The zero-order chi connectivity index (χ0) is 21.5. The highest BCUT2D eigenvalue weighted by Crippen LogP contribution is 2.42. The van der Waals surface area contributed by atoms with E-state index in [4.69, 9.17) is 9.47 Å². The quantitative estimate of drug-likeness (QED) is 0.494. The molecule has 6 heteroatoms. The molecule has 0 fully saturated rings. The fraction of sp³-hybridized carbons (Fsp3) is 0.154. The smallest absolute Gasteiger partial charge is 0.247 e. The first-order valence-corrected chi connectivity index (χ1v) is 10.7. The first kappa shape index (κ1) is 18.7. The average Bonchev–Trinajstić information content (AvgIpc) is 3.46. The van der Waals surface area contributed by atoms with E-state index in [1.54, 1.807) is 18.5 Å². The zero-order valence-electron chi connectivity index (χ0n) is 17.3. The predicted molar refractivity (Wildman–Crippen MR) is 121 cm³/mol. The fourth-order valence-corrected chi connectivity index (χ4v) is 4.65.